The molecule has 0 spiro atoms. The second-order valence-corrected chi connectivity index (χ2v) is 5.36. The van der Waals surface area contributed by atoms with E-state index in [-0.39, 0.29) is 11.3 Å². The molecule has 0 aliphatic carbocycles. The first-order chi connectivity index (χ1) is 8.81. The van der Waals surface area contributed by atoms with Crippen LogP contribution in [0.15, 0.2) is 24.3 Å². The van der Waals surface area contributed by atoms with Gasteiger partial charge >= 0.3 is 7.60 Å². The highest BCUT2D eigenvalue weighted by atomic mass is 31.2. The summed E-state index contributed by atoms with van der Waals surface area (Å²) in [5, 5.41) is 28.1. The molecule has 1 aromatic carbocycles. The molecule has 0 amide bonds. The van der Waals surface area contributed by atoms with Crippen LogP contribution < -0.4 is 0 Å². The first-order valence-corrected chi connectivity index (χ1v) is 6.58. The number of non-ortho nitro benzene ring substituents is 1. The summed E-state index contributed by atoms with van der Waals surface area (Å²) in [6.07, 6.45) is 0. The Balaban J connectivity index is 3.40. The van der Waals surface area contributed by atoms with Gasteiger partial charge in [0.15, 0.2) is 5.92 Å². The predicted molar refractivity (Wildman–Crippen MR) is 62.6 cm³/mol. The van der Waals surface area contributed by atoms with Crippen molar-refractivity contribution in [2.75, 3.05) is 0 Å². The molecular formula is C10H8N3O5P. The molecule has 8 nitrogen and oxygen atoms in total. The van der Waals surface area contributed by atoms with Crippen LogP contribution >= 0.6 is 7.60 Å². The number of nitro benzene ring substituents is 1. The van der Waals surface area contributed by atoms with E-state index in [2.05, 4.69) is 0 Å². The van der Waals surface area contributed by atoms with Gasteiger partial charge in [0.2, 0.25) is 0 Å². The van der Waals surface area contributed by atoms with Gasteiger partial charge in [-0.1, -0.05) is 12.1 Å². The fraction of sp³-hybridized carbons (Fsp3) is 0.200. The standard InChI is InChI=1S/C10H8N3O5P/c11-5-8(6-12)10(19(16,17)18)7-2-1-3-9(4-7)13(14)15/h1-4,8,10H,(H2,16,17,18). The van der Waals surface area contributed by atoms with Crippen LogP contribution in [0.5, 0.6) is 0 Å². The number of benzene rings is 1. The molecule has 2 N–H and O–H groups in total. The molecule has 9 heteroatoms. The van der Waals surface area contributed by atoms with Gasteiger partial charge in [0.05, 0.1) is 17.1 Å². The molecule has 19 heavy (non-hydrogen) atoms. The van der Waals surface area contributed by atoms with Crippen LogP contribution in [0, 0.1) is 38.7 Å². The quantitative estimate of drug-likeness (QED) is 0.482. The second-order valence-electron chi connectivity index (χ2n) is 3.62. The maximum Gasteiger partial charge on any atom is 0.335 e. The number of nitriles is 2. The molecule has 0 saturated carbocycles. The molecule has 1 aromatic rings. The maximum atomic E-state index is 11.4. The van der Waals surface area contributed by atoms with E-state index >= 15 is 0 Å². The monoisotopic (exact) mass is 281 g/mol. The Morgan fingerprint density at radius 2 is 1.89 bits per heavy atom. The summed E-state index contributed by atoms with van der Waals surface area (Å²) in [4.78, 5) is 28.4. The van der Waals surface area contributed by atoms with Gasteiger partial charge in [-0.3, -0.25) is 14.7 Å². The Morgan fingerprint density at radius 1 is 1.32 bits per heavy atom. The molecular weight excluding hydrogens is 273 g/mol. The Kier molecular flexibility index (Phi) is 4.36. The number of hydrogen-bond donors (Lipinski definition) is 2. The van der Waals surface area contributed by atoms with Gasteiger partial charge in [-0.15, -0.1) is 0 Å². The lowest BCUT2D eigenvalue weighted by atomic mass is 10.0. The van der Waals surface area contributed by atoms with Crippen molar-refractivity contribution in [3.63, 3.8) is 0 Å². The van der Waals surface area contributed by atoms with Crippen molar-refractivity contribution in [3.8, 4) is 12.1 Å². The van der Waals surface area contributed by atoms with Crippen molar-refractivity contribution >= 4 is 13.3 Å². The lowest BCUT2D eigenvalue weighted by Gasteiger charge is -2.18. The SMILES string of the molecule is N#CC(C#N)C(c1cccc([N+](=O)[O-])c1)P(=O)(O)O. The van der Waals surface area contributed by atoms with Crippen LogP contribution in [-0.2, 0) is 4.57 Å². The number of rotatable bonds is 4. The minimum atomic E-state index is -4.80. The highest BCUT2D eigenvalue weighted by Gasteiger charge is 2.38. The van der Waals surface area contributed by atoms with Crippen molar-refractivity contribution in [3.05, 3.63) is 39.9 Å². The average Bonchev–Trinajstić information content (AvgIpc) is 2.34. The Bertz CT molecular complexity index is 613. The Hall–Kier alpha value is -2.25. The van der Waals surface area contributed by atoms with Gasteiger partial charge in [-0.2, -0.15) is 10.5 Å². The van der Waals surface area contributed by atoms with Crippen molar-refractivity contribution in [1.29, 1.82) is 10.5 Å². The second kappa shape index (κ2) is 5.59. The molecule has 0 aliphatic rings. The van der Waals surface area contributed by atoms with E-state index in [0.717, 1.165) is 12.1 Å². The van der Waals surface area contributed by atoms with E-state index in [1.54, 1.807) is 0 Å². The first kappa shape index (κ1) is 14.8. The van der Waals surface area contributed by atoms with Crippen molar-refractivity contribution in [2.24, 2.45) is 5.92 Å². The van der Waals surface area contributed by atoms with Gasteiger partial charge in [0, 0.05) is 12.1 Å². The maximum absolute atomic E-state index is 11.4. The Morgan fingerprint density at radius 3 is 2.32 bits per heavy atom. The van der Waals surface area contributed by atoms with Gasteiger partial charge in [-0.25, -0.2) is 0 Å². The minimum Gasteiger partial charge on any atom is -0.324 e. The molecule has 0 fully saturated rings. The lowest BCUT2D eigenvalue weighted by Crippen LogP contribution is -2.10. The van der Waals surface area contributed by atoms with E-state index in [1.807, 2.05) is 0 Å². The molecule has 1 unspecified atom stereocenters. The first-order valence-electron chi connectivity index (χ1n) is 4.90. The van der Waals surface area contributed by atoms with Crippen molar-refractivity contribution < 1.29 is 19.3 Å². The van der Waals surface area contributed by atoms with Gasteiger partial charge in [0.25, 0.3) is 5.69 Å². The highest BCUT2D eigenvalue weighted by molar-refractivity contribution is 7.52. The summed E-state index contributed by atoms with van der Waals surface area (Å²) in [5.41, 5.74) is -2.19. The van der Waals surface area contributed by atoms with Crippen LogP contribution in [0.4, 0.5) is 5.69 Å². The molecule has 0 radical (unpaired) electrons. The van der Waals surface area contributed by atoms with Crippen LogP contribution in [0.2, 0.25) is 0 Å². The molecule has 0 heterocycles. The van der Waals surface area contributed by atoms with Crippen molar-refractivity contribution in [2.45, 2.75) is 5.66 Å². The van der Waals surface area contributed by atoms with Gasteiger partial charge < -0.3 is 9.79 Å². The Labute approximate surface area is 107 Å². The van der Waals surface area contributed by atoms with Gasteiger partial charge in [0.1, 0.15) is 5.66 Å². The summed E-state index contributed by atoms with van der Waals surface area (Å²) < 4.78 is 11.4. The third kappa shape index (κ3) is 3.36. The molecule has 1 rings (SSSR count). The molecule has 98 valence electrons. The van der Waals surface area contributed by atoms with Crippen LogP contribution in [0.1, 0.15) is 11.2 Å². The third-order valence-corrected chi connectivity index (χ3v) is 3.70. The number of hydrogen-bond acceptors (Lipinski definition) is 5. The lowest BCUT2D eigenvalue weighted by molar-refractivity contribution is -0.384. The molecule has 0 aromatic heterocycles. The number of nitro groups is 1. The third-order valence-electron chi connectivity index (χ3n) is 2.38. The molecule has 0 saturated heterocycles. The molecule has 0 aliphatic heterocycles. The zero-order chi connectivity index (χ0) is 14.6. The summed E-state index contributed by atoms with van der Waals surface area (Å²) in [6, 6.07) is 7.53. The zero-order valence-electron chi connectivity index (χ0n) is 9.37. The summed E-state index contributed by atoms with van der Waals surface area (Å²) in [6.45, 7) is 0. The van der Waals surface area contributed by atoms with E-state index in [0.29, 0.717) is 0 Å². The van der Waals surface area contributed by atoms with Crippen LogP contribution in [-0.4, -0.2) is 14.7 Å². The van der Waals surface area contributed by atoms with E-state index in [9.17, 15) is 24.5 Å². The zero-order valence-corrected chi connectivity index (χ0v) is 10.3. The van der Waals surface area contributed by atoms with E-state index in [4.69, 9.17) is 10.5 Å². The fourth-order valence-electron chi connectivity index (χ4n) is 1.57. The van der Waals surface area contributed by atoms with E-state index in [1.165, 1.54) is 24.3 Å². The molecule has 1 atom stereocenters. The summed E-state index contributed by atoms with van der Waals surface area (Å²) in [7, 11) is -4.80. The smallest absolute Gasteiger partial charge is 0.324 e. The molecule has 0 bridgehead atoms. The predicted octanol–water partition coefficient (Wildman–Crippen LogP) is 1.48. The average molecular weight is 281 g/mol. The summed E-state index contributed by atoms with van der Waals surface area (Å²) >= 11 is 0. The van der Waals surface area contributed by atoms with Crippen molar-refractivity contribution in [1.82, 2.24) is 0 Å². The van der Waals surface area contributed by atoms with E-state index < -0.39 is 24.1 Å². The topological polar surface area (TPSA) is 148 Å². The normalized spacial score (nSPS) is 12.5. The summed E-state index contributed by atoms with van der Waals surface area (Å²) in [5.74, 6) is -1.59. The van der Waals surface area contributed by atoms with Crippen LogP contribution in [0.25, 0.3) is 0 Å². The fourth-order valence-corrected chi connectivity index (χ4v) is 2.64. The van der Waals surface area contributed by atoms with Gasteiger partial charge in [-0.05, 0) is 5.56 Å². The minimum absolute atomic E-state index is 0.115. The van der Waals surface area contributed by atoms with Crippen LogP contribution in [0.3, 0.4) is 0 Å². The largest absolute Gasteiger partial charge is 0.335 e. The highest BCUT2D eigenvalue weighted by Crippen LogP contribution is 2.55. The number of nitrogens with zero attached hydrogens (tertiary/aromatic N) is 3.